The van der Waals surface area contributed by atoms with Crippen LogP contribution in [0.4, 0.5) is 0 Å². The number of thioether (sulfide) groups is 1. The van der Waals surface area contributed by atoms with Crippen molar-refractivity contribution in [3.63, 3.8) is 0 Å². The maximum absolute atomic E-state index is 12.6. The average molecular weight is 427 g/mol. The zero-order valence-corrected chi connectivity index (χ0v) is 18.4. The zero-order chi connectivity index (χ0) is 21.7. The van der Waals surface area contributed by atoms with Crippen molar-refractivity contribution in [1.29, 1.82) is 0 Å². The predicted molar refractivity (Wildman–Crippen MR) is 119 cm³/mol. The quantitative estimate of drug-likeness (QED) is 0.434. The fourth-order valence-electron chi connectivity index (χ4n) is 2.69. The van der Waals surface area contributed by atoms with Gasteiger partial charge in [0.1, 0.15) is 11.6 Å². The van der Waals surface area contributed by atoms with Crippen molar-refractivity contribution in [2.75, 3.05) is 13.7 Å². The highest BCUT2D eigenvalue weighted by Gasteiger charge is 2.16. The molecule has 1 heterocycles. The first-order valence-corrected chi connectivity index (χ1v) is 10.6. The van der Waals surface area contributed by atoms with Crippen LogP contribution < -0.4 is 15.2 Å². The van der Waals surface area contributed by atoms with Crippen LogP contribution in [0, 0.1) is 6.92 Å². The lowest BCUT2D eigenvalue weighted by molar-refractivity contribution is 0.0276. The molecule has 0 amide bonds. The first kappa shape index (κ1) is 21.9. The molecule has 3 aromatic rings. The summed E-state index contributed by atoms with van der Waals surface area (Å²) in [6.45, 7) is 5.51. The van der Waals surface area contributed by atoms with Gasteiger partial charge in [-0.1, -0.05) is 29.8 Å². The van der Waals surface area contributed by atoms with E-state index in [-0.39, 0.29) is 12.3 Å². The van der Waals surface area contributed by atoms with Gasteiger partial charge in [-0.05, 0) is 44.5 Å². The molecule has 0 aliphatic rings. The second kappa shape index (κ2) is 9.36. The second-order valence-electron chi connectivity index (χ2n) is 7.63. The van der Waals surface area contributed by atoms with Crippen molar-refractivity contribution in [3.8, 4) is 17.2 Å². The largest absolute Gasteiger partial charge is 0.493 e. The van der Waals surface area contributed by atoms with Gasteiger partial charge in [0, 0.05) is 18.0 Å². The summed E-state index contributed by atoms with van der Waals surface area (Å²) in [4.78, 5) is 16.8. The molecular weight excluding hydrogens is 400 g/mol. The number of hydrogen-bond donors (Lipinski definition) is 1. The molecule has 0 radical (unpaired) electrons. The Hall–Kier alpha value is -2.77. The van der Waals surface area contributed by atoms with Gasteiger partial charge < -0.3 is 14.6 Å². The SMILES string of the molecule is COc1cc(-n2ccc(SCc3ccc(C)cc3)nc2=O)ccc1OCC(C)(C)O. The summed E-state index contributed by atoms with van der Waals surface area (Å²) in [5, 5.41) is 10.5. The Balaban J connectivity index is 1.75. The lowest BCUT2D eigenvalue weighted by atomic mass is 10.2. The molecule has 1 aromatic heterocycles. The molecule has 2 aromatic carbocycles. The summed E-state index contributed by atoms with van der Waals surface area (Å²) >= 11 is 1.52. The Bertz CT molecular complexity index is 1060. The first-order valence-electron chi connectivity index (χ1n) is 9.57. The number of aliphatic hydroxyl groups is 1. The maximum atomic E-state index is 12.6. The van der Waals surface area contributed by atoms with E-state index in [0.717, 1.165) is 5.75 Å². The molecule has 158 valence electrons. The van der Waals surface area contributed by atoms with Crippen LogP contribution in [0.5, 0.6) is 11.5 Å². The lowest BCUT2D eigenvalue weighted by Crippen LogP contribution is -2.28. The van der Waals surface area contributed by atoms with E-state index in [1.807, 2.05) is 6.07 Å². The molecule has 3 rings (SSSR count). The monoisotopic (exact) mass is 426 g/mol. The first-order chi connectivity index (χ1) is 14.2. The normalized spacial score (nSPS) is 11.4. The number of aromatic nitrogens is 2. The van der Waals surface area contributed by atoms with Crippen LogP contribution in [0.2, 0.25) is 0 Å². The van der Waals surface area contributed by atoms with Gasteiger partial charge in [-0.15, -0.1) is 11.8 Å². The Morgan fingerprint density at radius 3 is 2.47 bits per heavy atom. The molecule has 0 atom stereocenters. The number of ether oxygens (including phenoxy) is 2. The molecule has 7 heteroatoms. The van der Waals surface area contributed by atoms with Gasteiger partial charge in [0.05, 0.1) is 18.4 Å². The molecule has 0 saturated carbocycles. The average Bonchev–Trinajstić information content (AvgIpc) is 2.71. The van der Waals surface area contributed by atoms with E-state index >= 15 is 0 Å². The van der Waals surface area contributed by atoms with Crippen LogP contribution in [0.15, 0.2) is 64.5 Å². The van der Waals surface area contributed by atoms with Crippen LogP contribution in [0.3, 0.4) is 0 Å². The Kier molecular flexibility index (Phi) is 6.84. The van der Waals surface area contributed by atoms with Crippen LogP contribution in [0.1, 0.15) is 25.0 Å². The van der Waals surface area contributed by atoms with Crippen molar-refractivity contribution in [1.82, 2.24) is 9.55 Å². The third kappa shape index (κ3) is 5.87. The lowest BCUT2D eigenvalue weighted by Gasteiger charge is -2.19. The van der Waals surface area contributed by atoms with Crippen molar-refractivity contribution in [3.05, 3.63) is 76.3 Å². The zero-order valence-electron chi connectivity index (χ0n) is 17.6. The molecule has 0 unspecified atom stereocenters. The highest BCUT2D eigenvalue weighted by molar-refractivity contribution is 7.98. The Morgan fingerprint density at radius 1 is 1.10 bits per heavy atom. The minimum absolute atomic E-state index is 0.122. The summed E-state index contributed by atoms with van der Waals surface area (Å²) in [5.41, 5.74) is 1.70. The molecule has 30 heavy (non-hydrogen) atoms. The molecular formula is C23H26N2O4S. The van der Waals surface area contributed by atoms with E-state index in [1.165, 1.54) is 34.6 Å². The number of aryl methyl sites for hydroxylation is 1. The van der Waals surface area contributed by atoms with Gasteiger partial charge in [-0.2, -0.15) is 4.98 Å². The third-order valence-corrected chi connectivity index (χ3v) is 5.29. The molecule has 0 bridgehead atoms. The summed E-state index contributed by atoms with van der Waals surface area (Å²) in [7, 11) is 1.53. The van der Waals surface area contributed by atoms with Crippen LogP contribution >= 0.6 is 11.8 Å². The molecule has 6 nitrogen and oxygen atoms in total. The van der Waals surface area contributed by atoms with Crippen molar-refractivity contribution < 1.29 is 14.6 Å². The molecule has 1 N–H and O–H groups in total. The fourth-order valence-corrected chi connectivity index (χ4v) is 3.49. The van der Waals surface area contributed by atoms with Crippen LogP contribution in [-0.4, -0.2) is 34.0 Å². The molecule has 0 aliphatic carbocycles. The summed E-state index contributed by atoms with van der Waals surface area (Å²) in [6, 6.07) is 15.3. The maximum Gasteiger partial charge on any atom is 0.353 e. The summed E-state index contributed by atoms with van der Waals surface area (Å²) in [5.74, 6) is 1.72. The van der Waals surface area contributed by atoms with E-state index in [4.69, 9.17) is 9.47 Å². The van der Waals surface area contributed by atoms with E-state index in [1.54, 1.807) is 38.2 Å². The molecule has 0 fully saturated rings. The summed E-state index contributed by atoms with van der Waals surface area (Å²) < 4.78 is 12.5. The van der Waals surface area contributed by atoms with Crippen LogP contribution in [0.25, 0.3) is 5.69 Å². The molecule has 0 aliphatic heterocycles. The minimum Gasteiger partial charge on any atom is -0.493 e. The molecule has 0 saturated heterocycles. The summed E-state index contributed by atoms with van der Waals surface area (Å²) in [6.07, 6.45) is 1.71. The standard InChI is InChI=1S/C23H26N2O4S/c1-16-5-7-17(8-6-16)14-30-21-11-12-25(22(26)24-21)18-9-10-19(20(13-18)28-4)29-15-23(2,3)27/h5-13,27H,14-15H2,1-4H3. The van der Waals surface area contributed by atoms with Gasteiger partial charge in [-0.3, -0.25) is 4.57 Å². The van der Waals surface area contributed by atoms with Gasteiger partial charge in [0.2, 0.25) is 0 Å². The van der Waals surface area contributed by atoms with Gasteiger partial charge in [-0.25, -0.2) is 4.79 Å². The second-order valence-corrected chi connectivity index (χ2v) is 8.62. The number of benzene rings is 2. The van der Waals surface area contributed by atoms with E-state index in [0.29, 0.717) is 22.2 Å². The highest BCUT2D eigenvalue weighted by atomic mass is 32.2. The third-order valence-electron chi connectivity index (χ3n) is 4.29. The van der Waals surface area contributed by atoms with Crippen molar-refractivity contribution in [2.45, 2.75) is 37.2 Å². The number of methoxy groups -OCH3 is 1. The fraction of sp³-hybridized carbons (Fsp3) is 0.304. The van der Waals surface area contributed by atoms with E-state index < -0.39 is 5.60 Å². The topological polar surface area (TPSA) is 73.6 Å². The number of rotatable bonds is 8. The molecule has 0 spiro atoms. The highest BCUT2D eigenvalue weighted by Crippen LogP contribution is 2.30. The number of nitrogens with zero attached hydrogens (tertiary/aromatic N) is 2. The van der Waals surface area contributed by atoms with Gasteiger partial charge in [0.25, 0.3) is 0 Å². The predicted octanol–water partition coefficient (Wildman–Crippen LogP) is 3.99. The smallest absolute Gasteiger partial charge is 0.353 e. The van der Waals surface area contributed by atoms with Crippen molar-refractivity contribution >= 4 is 11.8 Å². The Labute approximate surface area is 180 Å². The van der Waals surface area contributed by atoms with Gasteiger partial charge >= 0.3 is 5.69 Å². The number of hydrogen-bond acceptors (Lipinski definition) is 6. The van der Waals surface area contributed by atoms with Crippen LogP contribution in [-0.2, 0) is 5.75 Å². The van der Waals surface area contributed by atoms with Crippen molar-refractivity contribution in [2.24, 2.45) is 0 Å². The van der Waals surface area contributed by atoms with E-state index in [9.17, 15) is 9.90 Å². The minimum atomic E-state index is -0.962. The van der Waals surface area contributed by atoms with E-state index in [2.05, 4.69) is 36.2 Å². The van der Waals surface area contributed by atoms with Gasteiger partial charge in [0.15, 0.2) is 11.5 Å². The Morgan fingerprint density at radius 2 is 1.83 bits per heavy atom.